The fourth-order valence-electron chi connectivity index (χ4n) is 2.94. The number of carbonyl (C=O) groups is 2. The number of hydrogen-bond donors (Lipinski definition) is 1. The highest BCUT2D eigenvalue weighted by molar-refractivity contribution is 9.10. The van der Waals surface area contributed by atoms with Gasteiger partial charge in [-0.05, 0) is 57.4 Å². The quantitative estimate of drug-likeness (QED) is 0.454. The van der Waals surface area contributed by atoms with Gasteiger partial charge in [0.1, 0.15) is 11.5 Å². The Morgan fingerprint density at radius 2 is 2.03 bits per heavy atom. The molecule has 1 N–H and O–H groups in total. The SMILES string of the molecule is COc1cccc(CC(=O)N/N=C/c2ccc(OCC(=O)N3CCOCC3)c(Br)c2)c1. The van der Waals surface area contributed by atoms with E-state index in [9.17, 15) is 9.59 Å². The van der Waals surface area contributed by atoms with E-state index in [1.165, 1.54) is 6.21 Å². The number of halogens is 1. The van der Waals surface area contributed by atoms with Gasteiger partial charge < -0.3 is 19.1 Å². The van der Waals surface area contributed by atoms with Crippen LogP contribution in [-0.2, 0) is 20.7 Å². The molecule has 1 heterocycles. The average Bonchev–Trinajstić information content (AvgIpc) is 2.79. The minimum Gasteiger partial charge on any atom is -0.497 e. The lowest BCUT2D eigenvalue weighted by atomic mass is 10.1. The van der Waals surface area contributed by atoms with E-state index in [2.05, 4.69) is 26.5 Å². The van der Waals surface area contributed by atoms with Crippen LogP contribution in [0.5, 0.6) is 11.5 Å². The molecule has 0 aliphatic carbocycles. The largest absolute Gasteiger partial charge is 0.497 e. The summed E-state index contributed by atoms with van der Waals surface area (Å²) < 4.78 is 16.7. The van der Waals surface area contributed by atoms with E-state index in [0.29, 0.717) is 42.3 Å². The highest BCUT2D eigenvalue weighted by Gasteiger charge is 2.17. The van der Waals surface area contributed by atoms with Crippen LogP contribution in [0.15, 0.2) is 52.0 Å². The Morgan fingerprint density at radius 1 is 1.23 bits per heavy atom. The van der Waals surface area contributed by atoms with Crippen LogP contribution in [0.4, 0.5) is 0 Å². The van der Waals surface area contributed by atoms with E-state index < -0.39 is 0 Å². The van der Waals surface area contributed by atoms with Crippen LogP contribution in [0.3, 0.4) is 0 Å². The molecular weight excluding hydrogens is 466 g/mol. The zero-order valence-corrected chi connectivity index (χ0v) is 18.8. The molecular formula is C22H24BrN3O5. The molecule has 0 aromatic heterocycles. The normalized spacial score (nSPS) is 13.8. The molecule has 0 bridgehead atoms. The summed E-state index contributed by atoms with van der Waals surface area (Å²) >= 11 is 3.44. The first-order valence-corrected chi connectivity index (χ1v) is 10.6. The molecule has 0 saturated carbocycles. The third-order valence-electron chi connectivity index (χ3n) is 4.57. The summed E-state index contributed by atoms with van der Waals surface area (Å²) in [6.07, 6.45) is 1.74. The fraction of sp³-hybridized carbons (Fsp3) is 0.318. The van der Waals surface area contributed by atoms with Crippen molar-refractivity contribution in [3.05, 3.63) is 58.1 Å². The molecule has 164 valence electrons. The van der Waals surface area contributed by atoms with E-state index in [0.717, 1.165) is 11.1 Å². The molecule has 1 aliphatic rings. The Morgan fingerprint density at radius 3 is 2.77 bits per heavy atom. The summed E-state index contributed by atoms with van der Waals surface area (Å²) in [6, 6.07) is 12.7. The molecule has 2 amide bonds. The first kappa shape index (κ1) is 22.8. The van der Waals surface area contributed by atoms with Crippen LogP contribution in [0.2, 0.25) is 0 Å². The molecule has 1 fully saturated rings. The van der Waals surface area contributed by atoms with Crippen LogP contribution in [-0.4, -0.2) is 62.9 Å². The monoisotopic (exact) mass is 489 g/mol. The second-order valence-corrected chi connectivity index (χ2v) is 7.65. The third-order valence-corrected chi connectivity index (χ3v) is 5.19. The van der Waals surface area contributed by atoms with E-state index >= 15 is 0 Å². The topological polar surface area (TPSA) is 89.5 Å². The maximum atomic E-state index is 12.2. The predicted molar refractivity (Wildman–Crippen MR) is 119 cm³/mol. The molecule has 0 unspecified atom stereocenters. The zero-order valence-electron chi connectivity index (χ0n) is 17.2. The van der Waals surface area contributed by atoms with Gasteiger partial charge >= 0.3 is 0 Å². The van der Waals surface area contributed by atoms with Gasteiger partial charge in [-0.3, -0.25) is 9.59 Å². The van der Waals surface area contributed by atoms with Crippen molar-refractivity contribution < 1.29 is 23.8 Å². The van der Waals surface area contributed by atoms with E-state index in [4.69, 9.17) is 14.2 Å². The zero-order chi connectivity index (χ0) is 22.1. The van der Waals surface area contributed by atoms with E-state index in [1.807, 2.05) is 24.3 Å². The van der Waals surface area contributed by atoms with Gasteiger partial charge in [0.05, 0.1) is 37.4 Å². The molecule has 0 atom stereocenters. The first-order valence-electron chi connectivity index (χ1n) is 9.78. The number of hydrogen-bond acceptors (Lipinski definition) is 6. The smallest absolute Gasteiger partial charge is 0.260 e. The summed E-state index contributed by atoms with van der Waals surface area (Å²) in [5, 5.41) is 4.00. The Bertz CT molecular complexity index is 944. The van der Waals surface area contributed by atoms with Gasteiger partial charge in [0.25, 0.3) is 5.91 Å². The number of benzene rings is 2. The molecule has 0 spiro atoms. The molecule has 2 aromatic rings. The minimum atomic E-state index is -0.231. The van der Waals surface area contributed by atoms with Crippen LogP contribution in [0, 0.1) is 0 Å². The highest BCUT2D eigenvalue weighted by Crippen LogP contribution is 2.25. The summed E-state index contributed by atoms with van der Waals surface area (Å²) in [7, 11) is 1.58. The number of carbonyl (C=O) groups excluding carboxylic acids is 2. The van der Waals surface area contributed by atoms with Gasteiger partial charge in [-0.25, -0.2) is 5.43 Å². The Kier molecular flexibility index (Phi) is 8.43. The number of nitrogens with zero attached hydrogens (tertiary/aromatic N) is 2. The number of rotatable bonds is 8. The number of ether oxygens (including phenoxy) is 3. The standard InChI is InChI=1S/C22H24BrN3O5/c1-29-18-4-2-3-16(11-18)13-21(27)25-24-14-17-5-6-20(19(23)12-17)31-15-22(28)26-7-9-30-10-8-26/h2-6,11-12,14H,7-10,13,15H2,1H3,(H,25,27)/b24-14+. The second kappa shape index (κ2) is 11.5. The lowest BCUT2D eigenvalue weighted by Gasteiger charge is -2.26. The van der Waals surface area contributed by atoms with Gasteiger partial charge in [-0.1, -0.05) is 12.1 Å². The van der Waals surface area contributed by atoms with Gasteiger partial charge in [0.2, 0.25) is 5.91 Å². The molecule has 2 aromatic carbocycles. The summed E-state index contributed by atoms with van der Waals surface area (Å²) in [4.78, 5) is 26.0. The Labute approximate surface area is 189 Å². The van der Waals surface area contributed by atoms with Crippen LogP contribution >= 0.6 is 15.9 Å². The molecule has 1 aliphatic heterocycles. The van der Waals surface area contributed by atoms with E-state index in [1.54, 1.807) is 30.2 Å². The first-order chi connectivity index (χ1) is 15.0. The van der Waals surface area contributed by atoms with Crippen LogP contribution in [0.1, 0.15) is 11.1 Å². The van der Waals surface area contributed by atoms with Crippen LogP contribution in [0.25, 0.3) is 0 Å². The lowest BCUT2D eigenvalue weighted by Crippen LogP contribution is -2.43. The maximum Gasteiger partial charge on any atom is 0.260 e. The van der Waals surface area contributed by atoms with E-state index in [-0.39, 0.29) is 24.8 Å². The molecule has 3 rings (SSSR count). The number of nitrogens with one attached hydrogen (secondary N) is 1. The Hall–Kier alpha value is -2.91. The lowest BCUT2D eigenvalue weighted by molar-refractivity contribution is -0.137. The molecule has 0 radical (unpaired) electrons. The molecule has 8 nitrogen and oxygen atoms in total. The second-order valence-electron chi connectivity index (χ2n) is 6.79. The number of amides is 2. The minimum absolute atomic E-state index is 0.0354. The number of morpholine rings is 1. The third kappa shape index (κ3) is 7.08. The van der Waals surface area contributed by atoms with Crippen molar-refractivity contribution in [2.75, 3.05) is 40.0 Å². The van der Waals surface area contributed by atoms with Gasteiger partial charge in [0, 0.05) is 13.1 Å². The fourth-order valence-corrected chi connectivity index (χ4v) is 3.46. The summed E-state index contributed by atoms with van der Waals surface area (Å²) in [5.74, 6) is 0.957. The maximum absolute atomic E-state index is 12.2. The highest BCUT2D eigenvalue weighted by atomic mass is 79.9. The van der Waals surface area contributed by atoms with Crippen molar-refractivity contribution in [3.63, 3.8) is 0 Å². The van der Waals surface area contributed by atoms with Gasteiger partial charge in [0.15, 0.2) is 6.61 Å². The van der Waals surface area contributed by atoms with Crippen molar-refractivity contribution in [1.82, 2.24) is 10.3 Å². The van der Waals surface area contributed by atoms with Crippen LogP contribution < -0.4 is 14.9 Å². The molecule has 31 heavy (non-hydrogen) atoms. The van der Waals surface area contributed by atoms with Gasteiger partial charge in [-0.15, -0.1) is 0 Å². The Balaban J connectivity index is 1.48. The average molecular weight is 490 g/mol. The molecule has 9 heteroatoms. The summed E-state index contributed by atoms with van der Waals surface area (Å²) in [6.45, 7) is 2.25. The molecule has 1 saturated heterocycles. The number of methoxy groups -OCH3 is 1. The van der Waals surface area contributed by atoms with Crippen molar-refractivity contribution in [1.29, 1.82) is 0 Å². The predicted octanol–water partition coefficient (Wildman–Crippen LogP) is 2.39. The van der Waals surface area contributed by atoms with Gasteiger partial charge in [-0.2, -0.15) is 5.10 Å². The van der Waals surface area contributed by atoms with Crippen molar-refractivity contribution in [3.8, 4) is 11.5 Å². The van der Waals surface area contributed by atoms with Crippen molar-refractivity contribution >= 4 is 34.0 Å². The summed E-state index contributed by atoms with van der Waals surface area (Å²) in [5.41, 5.74) is 4.11. The van der Waals surface area contributed by atoms with Crippen molar-refractivity contribution in [2.24, 2.45) is 5.10 Å². The van der Waals surface area contributed by atoms with Crippen molar-refractivity contribution in [2.45, 2.75) is 6.42 Å². The number of hydrazone groups is 1.